The van der Waals surface area contributed by atoms with Crippen LogP contribution < -0.4 is 4.90 Å². The van der Waals surface area contributed by atoms with Gasteiger partial charge in [0.15, 0.2) is 0 Å². The number of nitrogens with zero attached hydrogens (tertiary/aromatic N) is 2. The average Bonchev–Trinajstić information content (AvgIpc) is 2.28. The maximum absolute atomic E-state index is 13.2. The van der Waals surface area contributed by atoms with Crippen molar-refractivity contribution >= 4 is 11.4 Å². The molecule has 6 heteroatoms. The van der Waals surface area contributed by atoms with Crippen molar-refractivity contribution in [3.8, 4) is 0 Å². The van der Waals surface area contributed by atoms with E-state index in [4.69, 9.17) is 0 Å². The van der Waals surface area contributed by atoms with Crippen LogP contribution in [0.3, 0.4) is 0 Å². The van der Waals surface area contributed by atoms with E-state index in [0.29, 0.717) is 18.7 Å². The minimum atomic E-state index is -2.67. The van der Waals surface area contributed by atoms with E-state index in [1.807, 2.05) is 0 Å². The van der Waals surface area contributed by atoms with Crippen LogP contribution in [-0.4, -0.2) is 23.9 Å². The third-order valence-electron chi connectivity index (χ3n) is 2.82. The van der Waals surface area contributed by atoms with Crippen LogP contribution in [0.1, 0.15) is 12.8 Å². The number of hydrogen-bond acceptors (Lipinski definition) is 3. The lowest BCUT2D eigenvalue weighted by Gasteiger charge is -2.34. The van der Waals surface area contributed by atoms with Gasteiger partial charge < -0.3 is 4.90 Å². The number of nitro benzene ring substituents is 1. The molecule has 0 spiro atoms. The molecule has 1 aromatic rings. The molecule has 1 fully saturated rings. The summed E-state index contributed by atoms with van der Waals surface area (Å²) in [6.07, 6.45) is 0.348. The van der Waals surface area contributed by atoms with Gasteiger partial charge in [0.05, 0.1) is 11.5 Å². The van der Waals surface area contributed by atoms with Gasteiger partial charge in [0.1, 0.15) is 0 Å². The van der Waals surface area contributed by atoms with Crippen LogP contribution in [0.15, 0.2) is 24.3 Å². The van der Waals surface area contributed by atoms with Crippen molar-refractivity contribution in [2.75, 3.05) is 18.0 Å². The lowest BCUT2D eigenvalue weighted by molar-refractivity contribution is -0.384. The molecule has 1 heterocycles. The second-order valence-corrected chi connectivity index (χ2v) is 4.15. The van der Waals surface area contributed by atoms with Gasteiger partial charge in [-0.2, -0.15) is 0 Å². The number of rotatable bonds is 2. The summed E-state index contributed by atoms with van der Waals surface area (Å²) < 4.78 is 26.4. The van der Waals surface area contributed by atoms with E-state index in [1.165, 1.54) is 24.3 Å². The smallest absolute Gasteiger partial charge is 0.269 e. The molecule has 0 atom stereocenters. The number of hydrogen-bond donors (Lipinski definition) is 0. The number of piperidine rings is 1. The summed E-state index contributed by atoms with van der Waals surface area (Å²) in [6, 6.07) is 5.70. The van der Waals surface area contributed by atoms with Gasteiger partial charge in [-0.25, -0.2) is 8.78 Å². The Hall–Kier alpha value is -1.72. The van der Waals surface area contributed by atoms with Crippen molar-refractivity contribution in [3.63, 3.8) is 0 Å². The first-order valence-electron chi connectivity index (χ1n) is 5.35. The first kappa shape index (κ1) is 11.8. The Labute approximate surface area is 97.0 Å². The second-order valence-electron chi connectivity index (χ2n) is 4.15. The molecule has 2 rings (SSSR count). The van der Waals surface area contributed by atoms with Gasteiger partial charge >= 0.3 is 0 Å². The SMILES string of the molecule is O=[N+]([O-])c1ccc(N2CCCC(F)(F)C2)cc1. The molecule has 0 bridgehead atoms. The zero-order chi connectivity index (χ0) is 12.5. The lowest BCUT2D eigenvalue weighted by Crippen LogP contribution is -2.42. The fraction of sp³-hybridized carbons (Fsp3) is 0.455. The Bertz CT molecular complexity index is 420. The van der Waals surface area contributed by atoms with E-state index < -0.39 is 10.8 Å². The summed E-state index contributed by atoms with van der Waals surface area (Å²) >= 11 is 0. The molecule has 0 aromatic heterocycles. The molecule has 0 aliphatic carbocycles. The predicted octanol–water partition coefficient (Wildman–Crippen LogP) is 2.83. The largest absolute Gasteiger partial charge is 0.365 e. The summed E-state index contributed by atoms with van der Waals surface area (Å²) in [6.45, 7) is 0.248. The van der Waals surface area contributed by atoms with E-state index in [-0.39, 0.29) is 18.7 Å². The van der Waals surface area contributed by atoms with Crippen LogP contribution in [0.4, 0.5) is 20.2 Å². The minimum absolute atomic E-state index is 0.0301. The van der Waals surface area contributed by atoms with Crippen LogP contribution in [0.2, 0.25) is 0 Å². The minimum Gasteiger partial charge on any atom is -0.365 e. The molecular weight excluding hydrogens is 230 g/mol. The highest BCUT2D eigenvalue weighted by Crippen LogP contribution is 2.30. The van der Waals surface area contributed by atoms with E-state index in [2.05, 4.69) is 0 Å². The topological polar surface area (TPSA) is 46.4 Å². The van der Waals surface area contributed by atoms with Crippen molar-refractivity contribution in [2.45, 2.75) is 18.8 Å². The van der Waals surface area contributed by atoms with Crippen LogP contribution in [0, 0.1) is 10.1 Å². The van der Waals surface area contributed by atoms with Gasteiger partial charge in [-0.15, -0.1) is 0 Å². The van der Waals surface area contributed by atoms with Crippen molar-refractivity contribution in [1.82, 2.24) is 0 Å². The highest BCUT2D eigenvalue weighted by atomic mass is 19.3. The number of non-ortho nitro benzene ring substituents is 1. The molecule has 1 saturated heterocycles. The Morgan fingerprint density at radius 2 is 1.94 bits per heavy atom. The van der Waals surface area contributed by atoms with Gasteiger partial charge in [0, 0.05) is 30.8 Å². The molecule has 92 valence electrons. The van der Waals surface area contributed by atoms with Gasteiger partial charge in [0.2, 0.25) is 0 Å². The molecule has 1 aliphatic heterocycles. The van der Waals surface area contributed by atoms with Gasteiger partial charge in [-0.1, -0.05) is 0 Å². The molecule has 1 aliphatic rings. The van der Waals surface area contributed by atoms with Crippen LogP contribution in [0.5, 0.6) is 0 Å². The fourth-order valence-electron chi connectivity index (χ4n) is 1.97. The van der Waals surface area contributed by atoms with Crippen molar-refractivity contribution < 1.29 is 13.7 Å². The molecule has 4 nitrogen and oxygen atoms in total. The Morgan fingerprint density at radius 1 is 1.29 bits per heavy atom. The Morgan fingerprint density at radius 3 is 2.47 bits per heavy atom. The molecule has 0 radical (unpaired) electrons. The maximum atomic E-state index is 13.2. The zero-order valence-electron chi connectivity index (χ0n) is 9.10. The number of halogens is 2. The predicted molar refractivity (Wildman–Crippen MR) is 59.5 cm³/mol. The van der Waals surface area contributed by atoms with E-state index in [9.17, 15) is 18.9 Å². The first-order valence-corrected chi connectivity index (χ1v) is 5.35. The Balaban J connectivity index is 2.14. The maximum Gasteiger partial charge on any atom is 0.269 e. The monoisotopic (exact) mass is 242 g/mol. The number of nitro groups is 1. The summed E-state index contributed by atoms with van der Waals surface area (Å²) in [4.78, 5) is 11.5. The van der Waals surface area contributed by atoms with E-state index in [0.717, 1.165) is 0 Å². The third kappa shape index (κ3) is 2.69. The Kier molecular flexibility index (Phi) is 2.95. The van der Waals surface area contributed by atoms with E-state index in [1.54, 1.807) is 4.90 Å². The molecule has 0 amide bonds. The van der Waals surface area contributed by atoms with Gasteiger partial charge in [-0.05, 0) is 18.6 Å². The number of benzene rings is 1. The van der Waals surface area contributed by atoms with Crippen molar-refractivity contribution in [1.29, 1.82) is 0 Å². The number of anilines is 1. The van der Waals surface area contributed by atoms with E-state index >= 15 is 0 Å². The molecule has 0 unspecified atom stereocenters. The zero-order valence-corrected chi connectivity index (χ0v) is 9.10. The van der Waals surface area contributed by atoms with Crippen LogP contribution in [-0.2, 0) is 0 Å². The van der Waals surface area contributed by atoms with Crippen molar-refractivity contribution in [3.05, 3.63) is 34.4 Å². The quantitative estimate of drug-likeness (QED) is 0.591. The second kappa shape index (κ2) is 4.27. The summed E-state index contributed by atoms with van der Waals surface area (Å²) in [5.41, 5.74) is 0.576. The molecule has 17 heavy (non-hydrogen) atoms. The van der Waals surface area contributed by atoms with Crippen molar-refractivity contribution in [2.24, 2.45) is 0 Å². The third-order valence-corrected chi connectivity index (χ3v) is 2.82. The normalized spacial score (nSPS) is 19.1. The summed E-state index contributed by atoms with van der Waals surface area (Å²) in [5, 5.41) is 10.5. The molecule has 1 aromatic carbocycles. The highest BCUT2D eigenvalue weighted by molar-refractivity contribution is 5.51. The fourth-order valence-corrected chi connectivity index (χ4v) is 1.97. The lowest BCUT2D eigenvalue weighted by atomic mass is 10.1. The average molecular weight is 242 g/mol. The number of alkyl halides is 2. The standard InChI is InChI=1S/C11H12F2N2O2/c12-11(13)6-1-7-14(8-11)9-2-4-10(5-3-9)15(16)17/h2-5H,1,6-8H2. The summed E-state index contributed by atoms with van der Waals surface area (Å²) in [5.74, 6) is -2.67. The molecular formula is C11H12F2N2O2. The van der Waals surface area contributed by atoms with Gasteiger partial charge in [-0.3, -0.25) is 10.1 Å². The molecule has 0 N–H and O–H groups in total. The van der Waals surface area contributed by atoms with Gasteiger partial charge in [0.25, 0.3) is 11.6 Å². The van der Waals surface area contributed by atoms with Crippen LogP contribution >= 0.6 is 0 Å². The molecule has 0 saturated carbocycles. The summed E-state index contributed by atoms with van der Waals surface area (Å²) in [7, 11) is 0. The van der Waals surface area contributed by atoms with Crippen LogP contribution in [0.25, 0.3) is 0 Å². The first-order chi connectivity index (χ1) is 7.98. The highest BCUT2D eigenvalue weighted by Gasteiger charge is 2.35.